The van der Waals surface area contributed by atoms with Crippen LogP contribution in [0.15, 0.2) is 35.2 Å². The number of fused-ring (bicyclic) bond motifs is 1. The van der Waals surface area contributed by atoms with Crippen LogP contribution in [0.5, 0.6) is 5.75 Å². The maximum Gasteiger partial charge on any atom is 0.249 e. The molecule has 0 saturated carbocycles. The number of amides is 1. The number of anilines is 4. The lowest BCUT2D eigenvalue weighted by Crippen LogP contribution is -2.56. The number of nitrogens with zero attached hydrogens (tertiary/aromatic N) is 3. The molecule has 3 heterocycles. The van der Waals surface area contributed by atoms with Crippen molar-refractivity contribution in [3.05, 3.63) is 30.3 Å². The minimum absolute atomic E-state index is 0.0251. The smallest absolute Gasteiger partial charge is 0.249 e. The number of sulfone groups is 1. The topological polar surface area (TPSA) is 101 Å². The molecular weight excluding hydrogens is 432 g/mol. The Labute approximate surface area is 188 Å². The van der Waals surface area contributed by atoms with Crippen LogP contribution in [0, 0.1) is 0 Å². The van der Waals surface area contributed by atoms with Crippen LogP contribution < -0.4 is 19.9 Å². The Bertz CT molecular complexity index is 1130. The summed E-state index contributed by atoms with van der Waals surface area (Å²) < 4.78 is 34.9. The Kier molecular flexibility index (Phi) is 6.00. The lowest BCUT2D eigenvalue weighted by Gasteiger charge is -2.44. The molecule has 0 spiro atoms. The van der Waals surface area contributed by atoms with Gasteiger partial charge in [0.1, 0.15) is 17.6 Å². The van der Waals surface area contributed by atoms with Gasteiger partial charge >= 0.3 is 0 Å². The number of carbonyl (C=O) groups is 1. The molecule has 2 aromatic rings. The van der Waals surface area contributed by atoms with E-state index in [0.717, 1.165) is 30.6 Å². The first-order valence-corrected chi connectivity index (χ1v) is 12.4. The van der Waals surface area contributed by atoms with E-state index in [1.807, 2.05) is 13.0 Å². The SMILES string of the molecule is COc1cc(Nc2ccc3c(n2)N(C2CCOCC2)[C@H](C)C(=O)N3C)cc(S(C)(=O)=O)c1. The fraction of sp³-hybridized carbons (Fsp3) is 0.455. The van der Waals surface area contributed by atoms with Gasteiger partial charge in [-0.2, -0.15) is 0 Å². The number of benzene rings is 1. The number of pyridine rings is 1. The van der Waals surface area contributed by atoms with E-state index in [4.69, 9.17) is 14.5 Å². The number of aromatic nitrogens is 1. The Morgan fingerprint density at radius 3 is 2.56 bits per heavy atom. The van der Waals surface area contributed by atoms with Crippen LogP contribution in [0.25, 0.3) is 0 Å². The number of methoxy groups -OCH3 is 1. The van der Waals surface area contributed by atoms with Gasteiger partial charge in [-0.15, -0.1) is 0 Å². The van der Waals surface area contributed by atoms with Crippen molar-refractivity contribution < 1.29 is 22.7 Å². The van der Waals surface area contributed by atoms with Crippen LogP contribution >= 0.6 is 0 Å². The Balaban J connectivity index is 1.73. The summed E-state index contributed by atoms with van der Waals surface area (Å²) in [6.45, 7) is 3.21. The van der Waals surface area contributed by atoms with E-state index in [-0.39, 0.29) is 22.9 Å². The summed E-state index contributed by atoms with van der Waals surface area (Å²) in [5, 5.41) is 3.20. The van der Waals surface area contributed by atoms with E-state index < -0.39 is 9.84 Å². The average Bonchev–Trinajstić information content (AvgIpc) is 2.77. The van der Waals surface area contributed by atoms with Crippen molar-refractivity contribution in [1.82, 2.24) is 4.98 Å². The third-order valence-electron chi connectivity index (χ3n) is 5.97. The second-order valence-electron chi connectivity index (χ2n) is 8.16. The molecule has 32 heavy (non-hydrogen) atoms. The molecule has 1 atom stereocenters. The molecule has 1 N–H and O–H groups in total. The molecule has 9 nitrogen and oxygen atoms in total. The molecule has 0 aliphatic carbocycles. The standard InChI is InChI=1S/C22H28N4O5S/c1-14-22(27)25(2)19-5-6-20(24-21(19)26(14)16-7-9-31-10-8-16)23-15-11-17(30-3)13-18(12-15)32(4,28)29/h5-6,11-14,16H,7-10H2,1-4H3,(H,23,24)/t14-/m1/s1. The second-order valence-corrected chi connectivity index (χ2v) is 10.2. The highest BCUT2D eigenvalue weighted by Crippen LogP contribution is 2.38. The molecule has 0 unspecified atom stereocenters. The van der Waals surface area contributed by atoms with Crippen LogP contribution in [0.3, 0.4) is 0 Å². The largest absolute Gasteiger partial charge is 0.497 e. The molecule has 1 aromatic carbocycles. The first-order valence-electron chi connectivity index (χ1n) is 10.5. The van der Waals surface area contributed by atoms with Gasteiger partial charge in [0.15, 0.2) is 15.7 Å². The van der Waals surface area contributed by atoms with E-state index in [2.05, 4.69) is 10.2 Å². The summed E-state index contributed by atoms with van der Waals surface area (Å²) >= 11 is 0. The predicted octanol–water partition coefficient (Wildman–Crippen LogP) is 2.59. The number of ether oxygens (including phenoxy) is 2. The zero-order valence-corrected chi connectivity index (χ0v) is 19.5. The van der Waals surface area contributed by atoms with Gasteiger partial charge in [-0.05, 0) is 44.0 Å². The van der Waals surface area contributed by atoms with Crippen molar-refractivity contribution in [1.29, 1.82) is 0 Å². The van der Waals surface area contributed by atoms with Crippen LogP contribution in [0.4, 0.5) is 23.0 Å². The molecule has 2 aliphatic heterocycles. The molecule has 4 rings (SSSR count). The van der Waals surface area contributed by atoms with Gasteiger partial charge in [0, 0.05) is 44.3 Å². The Morgan fingerprint density at radius 1 is 1.19 bits per heavy atom. The second kappa shape index (κ2) is 8.59. The Hall–Kier alpha value is -2.85. The van der Waals surface area contributed by atoms with E-state index in [1.165, 1.54) is 13.2 Å². The molecule has 172 valence electrons. The van der Waals surface area contributed by atoms with Crippen molar-refractivity contribution in [2.24, 2.45) is 0 Å². The molecule has 10 heteroatoms. The Morgan fingerprint density at radius 2 is 1.91 bits per heavy atom. The van der Waals surface area contributed by atoms with Crippen molar-refractivity contribution in [2.75, 3.05) is 48.7 Å². The maximum atomic E-state index is 12.9. The highest BCUT2D eigenvalue weighted by molar-refractivity contribution is 7.90. The third-order valence-corrected chi connectivity index (χ3v) is 7.06. The lowest BCUT2D eigenvalue weighted by molar-refractivity contribution is -0.119. The van der Waals surface area contributed by atoms with E-state index in [0.29, 0.717) is 30.5 Å². The molecule has 1 aromatic heterocycles. The average molecular weight is 461 g/mol. The maximum absolute atomic E-state index is 12.9. The lowest BCUT2D eigenvalue weighted by atomic mass is 10.0. The number of likely N-dealkylation sites (N-methyl/N-ethyl adjacent to an activating group) is 1. The highest BCUT2D eigenvalue weighted by Gasteiger charge is 2.39. The van der Waals surface area contributed by atoms with Crippen molar-refractivity contribution >= 4 is 38.8 Å². The van der Waals surface area contributed by atoms with Gasteiger partial charge in [-0.25, -0.2) is 13.4 Å². The minimum Gasteiger partial charge on any atom is -0.497 e. The zero-order valence-electron chi connectivity index (χ0n) is 18.7. The molecular formula is C22H28N4O5S. The molecule has 1 saturated heterocycles. The summed E-state index contributed by atoms with van der Waals surface area (Å²) in [6, 6.07) is 8.20. The summed E-state index contributed by atoms with van der Waals surface area (Å²) in [7, 11) is -0.167. The van der Waals surface area contributed by atoms with E-state index in [1.54, 1.807) is 30.1 Å². The van der Waals surface area contributed by atoms with Crippen LogP contribution in [0.2, 0.25) is 0 Å². The number of rotatable bonds is 5. The summed E-state index contributed by atoms with van der Waals surface area (Å²) in [6.07, 6.45) is 2.81. The van der Waals surface area contributed by atoms with Gasteiger partial charge in [0.05, 0.1) is 17.7 Å². The van der Waals surface area contributed by atoms with Gasteiger partial charge in [-0.1, -0.05) is 0 Å². The minimum atomic E-state index is -3.41. The van der Waals surface area contributed by atoms with Gasteiger partial charge < -0.3 is 24.6 Å². The van der Waals surface area contributed by atoms with Crippen LogP contribution in [-0.4, -0.2) is 65.0 Å². The highest BCUT2D eigenvalue weighted by atomic mass is 32.2. The van der Waals surface area contributed by atoms with Crippen molar-refractivity contribution in [3.8, 4) is 5.75 Å². The summed E-state index contributed by atoms with van der Waals surface area (Å²) in [5.41, 5.74) is 1.29. The fourth-order valence-corrected chi connectivity index (χ4v) is 4.91. The molecule has 0 bridgehead atoms. The van der Waals surface area contributed by atoms with Gasteiger partial charge in [0.2, 0.25) is 5.91 Å². The predicted molar refractivity (Wildman–Crippen MR) is 123 cm³/mol. The van der Waals surface area contributed by atoms with Crippen molar-refractivity contribution in [3.63, 3.8) is 0 Å². The third kappa shape index (κ3) is 4.24. The fourth-order valence-electron chi connectivity index (χ4n) is 4.24. The summed E-state index contributed by atoms with van der Waals surface area (Å²) in [5.74, 6) is 1.72. The first-order chi connectivity index (χ1) is 15.2. The number of hydrogen-bond acceptors (Lipinski definition) is 8. The van der Waals surface area contributed by atoms with E-state index in [9.17, 15) is 13.2 Å². The van der Waals surface area contributed by atoms with E-state index >= 15 is 0 Å². The zero-order chi connectivity index (χ0) is 23.0. The number of nitrogens with one attached hydrogen (secondary N) is 1. The molecule has 1 amide bonds. The quantitative estimate of drug-likeness (QED) is 0.727. The molecule has 2 aliphatic rings. The first kappa shape index (κ1) is 22.3. The summed E-state index contributed by atoms with van der Waals surface area (Å²) in [4.78, 5) is 21.6. The van der Waals surface area contributed by atoms with Crippen LogP contribution in [-0.2, 0) is 19.4 Å². The van der Waals surface area contributed by atoms with Gasteiger partial charge in [0.25, 0.3) is 0 Å². The molecule has 0 radical (unpaired) electrons. The molecule has 1 fully saturated rings. The van der Waals surface area contributed by atoms with Crippen molar-refractivity contribution in [2.45, 2.75) is 36.7 Å². The number of hydrogen-bond donors (Lipinski definition) is 1. The van der Waals surface area contributed by atoms with Crippen LogP contribution in [0.1, 0.15) is 19.8 Å². The monoisotopic (exact) mass is 460 g/mol. The number of carbonyl (C=O) groups excluding carboxylic acids is 1. The van der Waals surface area contributed by atoms with Gasteiger partial charge in [-0.3, -0.25) is 4.79 Å². The normalized spacial score (nSPS) is 19.6.